The summed E-state index contributed by atoms with van der Waals surface area (Å²) in [4.78, 5) is 35.6. The highest BCUT2D eigenvalue weighted by Gasteiger charge is 2.18. The Morgan fingerprint density at radius 3 is 2.72 bits per heavy atom. The van der Waals surface area contributed by atoms with Gasteiger partial charge in [-0.2, -0.15) is 0 Å². The van der Waals surface area contributed by atoms with E-state index in [2.05, 4.69) is 25.8 Å². The summed E-state index contributed by atoms with van der Waals surface area (Å²) in [6.07, 6.45) is 3.69. The van der Waals surface area contributed by atoms with Crippen molar-refractivity contribution in [1.82, 2.24) is 20.8 Å². The van der Waals surface area contributed by atoms with Crippen LogP contribution in [0.25, 0.3) is 11.0 Å². The van der Waals surface area contributed by atoms with Gasteiger partial charge in [-0.05, 0) is 25.0 Å². The van der Waals surface area contributed by atoms with Crippen molar-refractivity contribution in [3.05, 3.63) is 36.2 Å². The van der Waals surface area contributed by atoms with Crippen molar-refractivity contribution < 1.29 is 14.7 Å². The molecule has 0 saturated carbocycles. The Kier molecular flexibility index (Phi) is 6.18. The van der Waals surface area contributed by atoms with Gasteiger partial charge >= 0.3 is 5.97 Å². The zero-order chi connectivity index (χ0) is 18.2. The minimum Gasteiger partial charge on any atom is -0.480 e. The molecule has 0 aliphatic carbocycles. The van der Waals surface area contributed by atoms with Crippen LogP contribution in [0.4, 0.5) is 0 Å². The number of rotatable bonds is 8. The van der Waals surface area contributed by atoms with Gasteiger partial charge in [0.25, 0.3) is 5.91 Å². The average molecular weight is 345 g/mol. The summed E-state index contributed by atoms with van der Waals surface area (Å²) in [5, 5.41) is 9.22. The lowest BCUT2D eigenvalue weighted by molar-refractivity contribution is -0.139. The molecule has 2 rings (SSSR count). The maximum atomic E-state index is 12.3. The molecule has 0 bridgehead atoms. The van der Waals surface area contributed by atoms with Crippen molar-refractivity contribution in [1.29, 1.82) is 0 Å². The molecule has 7 N–H and O–H groups in total. The number of para-hydroxylation sites is 1. The first-order valence-corrected chi connectivity index (χ1v) is 7.53. The van der Waals surface area contributed by atoms with Crippen molar-refractivity contribution >= 4 is 28.9 Å². The summed E-state index contributed by atoms with van der Waals surface area (Å²) in [7, 11) is 0. The largest absolute Gasteiger partial charge is 0.480 e. The number of carboxylic acid groups (broad SMARTS) is 1. The van der Waals surface area contributed by atoms with Crippen molar-refractivity contribution in [3.8, 4) is 0 Å². The first-order chi connectivity index (χ1) is 12.0. The van der Waals surface area contributed by atoms with Crippen LogP contribution >= 0.6 is 0 Å². The number of nitrogens with one attached hydrogen (secondary N) is 2. The standard InChI is InChI=1S/C15H19N7O3/c16-15(17)20-6-2-5-11(14(24)25)21-22-13(23)9-3-1-4-10-12(9)19-8-7-18-10/h1,3-4,7-8,11,21H,2,5-6H2,(H,22,23)(H,24,25)(H4,16,17,20)/t11-/m0/s1. The number of hydrogen-bond donors (Lipinski definition) is 5. The van der Waals surface area contributed by atoms with E-state index in [1.807, 2.05) is 0 Å². The third kappa shape index (κ3) is 5.11. The first-order valence-electron chi connectivity index (χ1n) is 7.53. The molecule has 0 unspecified atom stereocenters. The molecule has 2 aromatic rings. The maximum absolute atomic E-state index is 12.3. The van der Waals surface area contributed by atoms with Crippen LogP contribution in [0.1, 0.15) is 23.2 Å². The predicted octanol–water partition coefficient (Wildman–Crippen LogP) is -0.629. The quantitative estimate of drug-likeness (QED) is 0.182. The Labute approximate surface area is 143 Å². The highest BCUT2D eigenvalue weighted by Crippen LogP contribution is 2.13. The van der Waals surface area contributed by atoms with Crippen molar-refractivity contribution in [2.75, 3.05) is 6.54 Å². The number of carbonyl (C=O) groups is 2. The fourth-order valence-corrected chi connectivity index (χ4v) is 2.16. The number of aliphatic imine (C=N–C) groups is 1. The molecule has 0 aliphatic rings. The highest BCUT2D eigenvalue weighted by molar-refractivity contribution is 6.04. The first kappa shape index (κ1) is 18.1. The lowest BCUT2D eigenvalue weighted by atomic mass is 10.1. The summed E-state index contributed by atoms with van der Waals surface area (Å²) < 4.78 is 0. The number of hydrazine groups is 1. The van der Waals surface area contributed by atoms with Crippen LogP contribution in [0.15, 0.2) is 35.6 Å². The molecule has 10 heteroatoms. The second-order valence-corrected chi connectivity index (χ2v) is 5.17. The summed E-state index contributed by atoms with van der Waals surface area (Å²) >= 11 is 0. The zero-order valence-electron chi connectivity index (χ0n) is 13.3. The van der Waals surface area contributed by atoms with Gasteiger partial charge in [0, 0.05) is 18.9 Å². The molecule has 10 nitrogen and oxygen atoms in total. The van der Waals surface area contributed by atoms with E-state index in [1.54, 1.807) is 18.2 Å². The SMILES string of the molecule is NC(N)=NCCC[C@H](NNC(=O)c1cccc2nccnc12)C(=O)O. The van der Waals surface area contributed by atoms with Crippen LogP contribution in [0.2, 0.25) is 0 Å². The van der Waals surface area contributed by atoms with E-state index in [-0.39, 0.29) is 12.4 Å². The predicted molar refractivity (Wildman–Crippen MR) is 91.5 cm³/mol. The Balaban J connectivity index is 1.98. The number of carboxylic acids is 1. The number of guanidine groups is 1. The normalized spacial score (nSPS) is 11.7. The van der Waals surface area contributed by atoms with E-state index in [1.165, 1.54) is 12.4 Å². The van der Waals surface area contributed by atoms with Crippen molar-refractivity contribution in [2.24, 2.45) is 16.5 Å². The van der Waals surface area contributed by atoms with Gasteiger partial charge in [0.1, 0.15) is 11.6 Å². The van der Waals surface area contributed by atoms with Gasteiger partial charge in [-0.15, -0.1) is 0 Å². The van der Waals surface area contributed by atoms with Gasteiger partial charge < -0.3 is 16.6 Å². The monoisotopic (exact) mass is 345 g/mol. The Bertz CT molecular complexity index is 784. The average Bonchev–Trinajstić information content (AvgIpc) is 2.59. The number of aromatic nitrogens is 2. The molecule has 0 aliphatic heterocycles. The summed E-state index contributed by atoms with van der Waals surface area (Å²) in [6.45, 7) is 0.306. The van der Waals surface area contributed by atoms with Gasteiger partial charge in [-0.1, -0.05) is 6.07 Å². The van der Waals surface area contributed by atoms with E-state index < -0.39 is 17.9 Å². The Morgan fingerprint density at radius 2 is 2.00 bits per heavy atom. The fourth-order valence-electron chi connectivity index (χ4n) is 2.16. The third-order valence-corrected chi connectivity index (χ3v) is 3.35. The minimum absolute atomic E-state index is 0.0507. The molecular weight excluding hydrogens is 326 g/mol. The van der Waals surface area contributed by atoms with Crippen LogP contribution in [-0.4, -0.2) is 45.5 Å². The van der Waals surface area contributed by atoms with Crippen LogP contribution in [-0.2, 0) is 4.79 Å². The molecule has 0 radical (unpaired) electrons. The third-order valence-electron chi connectivity index (χ3n) is 3.35. The van der Waals surface area contributed by atoms with Gasteiger partial charge in [0.05, 0.1) is 11.1 Å². The van der Waals surface area contributed by atoms with E-state index in [9.17, 15) is 14.7 Å². The van der Waals surface area contributed by atoms with Crippen LogP contribution < -0.4 is 22.3 Å². The van der Waals surface area contributed by atoms with Gasteiger partial charge in [0.15, 0.2) is 5.96 Å². The molecule has 25 heavy (non-hydrogen) atoms. The van der Waals surface area contributed by atoms with Crippen LogP contribution in [0.3, 0.4) is 0 Å². The molecule has 1 atom stereocenters. The zero-order valence-corrected chi connectivity index (χ0v) is 13.3. The van der Waals surface area contributed by atoms with E-state index >= 15 is 0 Å². The van der Waals surface area contributed by atoms with E-state index in [0.29, 0.717) is 29.6 Å². The van der Waals surface area contributed by atoms with Crippen LogP contribution in [0, 0.1) is 0 Å². The lowest BCUT2D eigenvalue weighted by Crippen LogP contribution is -2.48. The topological polar surface area (TPSA) is 169 Å². The number of fused-ring (bicyclic) bond motifs is 1. The van der Waals surface area contributed by atoms with E-state index in [4.69, 9.17) is 11.5 Å². The number of nitrogens with two attached hydrogens (primary N) is 2. The number of nitrogens with zero attached hydrogens (tertiary/aromatic N) is 3. The maximum Gasteiger partial charge on any atom is 0.322 e. The minimum atomic E-state index is -1.09. The molecule has 0 fully saturated rings. The molecule has 1 amide bonds. The summed E-state index contributed by atoms with van der Waals surface area (Å²) in [5.41, 5.74) is 16.6. The van der Waals surface area contributed by atoms with Gasteiger partial charge in [0.2, 0.25) is 0 Å². The van der Waals surface area contributed by atoms with Crippen molar-refractivity contribution in [2.45, 2.75) is 18.9 Å². The molecule has 132 valence electrons. The summed E-state index contributed by atoms with van der Waals surface area (Å²) in [5.74, 6) is -1.64. The molecule has 0 saturated heterocycles. The second-order valence-electron chi connectivity index (χ2n) is 5.17. The number of amides is 1. The number of benzene rings is 1. The van der Waals surface area contributed by atoms with Gasteiger partial charge in [-0.3, -0.25) is 30.0 Å². The second kappa shape index (κ2) is 8.55. The smallest absolute Gasteiger partial charge is 0.322 e. The van der Waals surface area contributed by atoms with Gasteiger partial charge in [-0.25, -0.2) is 5.43 Å². The Hall–Kier alpha value is -3.27. The summed E-state index contributed by atoms with van der Waals surface area (Å²) in [6, 6.07) is 4.02. The van der Waals surface area contributed by atoms with Crippen molar-refractivity contribution in [3.63, 3.8) is 0 Å². The molecule has 1 heterocycles. The fraction of sp³-hybridized carbons (Fsp3) is 0.267. The molecule has 1 aromatic heterocycles. The van der Waals surface area contributed by atoms with E-state index in [0.717, 1.165) is 0 Å². The molecule has 0 spiro atoms. The Morgan fingerprint density at radius 1 is 1.24 bits per heavy atom. The number of aliphatic carboxylic acids is 1. The molecule has 1 aromatic carbocycles. The molecular formula is C15H19N7O3. The number of carbonyl (C=O) groups excluding carboxylic acids is 1. The number of hydrogen-bond acceptors (Lipinski definition) is 6. The lowest BCUT2D eigenvalue weighted by Gasteiger charge is -2.15. The highest BCUT2D eigenvalue weighted by atomic mass is 16.4. The van der Waals surface area contributed by atoms with Crippen LogP contribution in [0.5, 0.6) is 0 Å².